The monoisotopic (exact) mass is 271 g/mol. The van der Waals surface area contributed by atoms with Crippen LogP contribution < -0.4 is 5.73 Å². The molecule has 4 N–H and O–H groups in total. The van der Waals surface area contributed by atoms with E-state index in [1.807, 2.05) is 0 Å². The number of hydrogen-bond acceptors (Lipinski definition) is 5. The lowest BCUT2D eigenvalue weighted by atomic mass is 9.77. The van der Waals surface area contributed by atoms with Gasteiger partial charge in [-0.1, -0.05) is 5.16 Å². The highest BCUT2D eigenvalue weighted by Crippen LogP contribution is 2.35. The number of amidine groups is 1. The first-order valence-corrected chi connectivity index (χ1v) is 6.49. The molecule has 2 saturated heterocycles. The minimum Gasteiger partial charge on any atom is -0.409 e. The van der Waals surface area contributed by atoms with Crippen molar-refractivity contribution in [1.29, 1.82) is 0 Å². The molecule has 108 valence electrons. The van der Waals surface area contributed by atoms with Gasteiger partial charge in [0, 0.05) is 26.3 Å². The van der Waals surface area contributed by atoms with E-state index in [0.717, 1.165) is 0 Å². The van der Waals surface area contributed by atoms with Crippen LogP contribution in [0.2, 0.25) is 0 Å². The van der Waals surface area contributed by atoms with E-state index in [1.165, 1.54) is 0 Å². The molecule has 2 aliphatic rings. The van der Waals surface area contributed by atoms with Gasteiger partial charge < -0.3 is 25.7 Å². The Morgan fingerprint density at radius 2 is 2.00 bits per heavy atom. The summed E-state index contributed by atoms with van der Waals surface area (Å²) in [5, 5.41) is 22.0. The van der Waals surface area contributed by atoms with Gasteiger partial charge in [0.2, 0.25) is 5.91 Å². The van der Waals surface area contributed by atoms with Gasteiger partial charge in [0.05, 0.1) is 5.60 Å². The number of ether oxygens (including phenoxy) is 1. The molecular weight excluding hydrogens is 250 g/mol. The minimum atomic E-state index is -0.993. The SMILES string of the molecule is CC1(O)CCN(C(=O)C2(C(N)=NO)CCOCC2)C1. The van der Waals surface area contributed by atoms with Crippen LogP contribution in [0.15, 0.2) is 5.16 Å². The van der Waals surface area contributed by atoms with Gasteiger partial charge in [0.1, 0.15) is 5.41 Å². The Morgan fingerprint density at radius 3 is 2.47 bits per heavy atom. The maximum atomic E-state index is 12.7. The second-order valence-electron chi connectivity index (χ2n) is 5.65. The molecule has 1 atom stereocenters. The average molecular weight is 271 g/mol. The zero-order valence-electron chi connectivity index (χ0n) is 11.1. The first-order valence-electron chi connectivity index (χ1n) is 6.49. The zero-order valence-corrected chi connectivity index (χ0v) is 11.1. The van der Waals surface area contributed by atoms with E-state index in [4.69, 9.17) is 15.7 Å². The largest absolute Gasteiger partial charge is 0.409 e. The summed E-state index contributed by atoms with van der Waals surface area (Å²) in [4.78, 5) is 14.3. The molecule has 0 aromatic heterocycles. The van der Waals surface area contributed by atoms with Gasteiger partial charge in [-0.05, 0) is 26.2 Å². The topological polar surface area (TPSA) is 108 Å². The summed E-state index contributed by atoms with van der Waals surface area (Å²) in [7, 11) is 0. The van der Waals surface area contributed by atoms with Crippen molar-refractivity contribution in [3.63, 3.8) is 0 Å². The molecular formula is C12H21N3O4. The summed E-state index contributed by atoms with van der Waals surface area (Å²) in [5.41, 5.74) is 3.91. The summed E-state index contributed by atoms with van der Waals surface area (Å²) < 4.78 is 5.26. The molecule has 1 amide bonds. The van der Waals surface area contributed by atoms with E-state index < -0.39 is 11.0 Å². The maximum Gasteiger partial charge on any atom is 0.236 e. The van der Waals surface area contributed by atoms with E-state index in [0.29, 0.717) is 39.0 Å². The molecule has 0 aromatic carbocycles. The maximum absolute atomic E-state index is 12.7. The van der Waals surface area contributed by atoms with Crippen LogP contribution in [0.1, 0.15) is 26.2 Å². The fourth-order valence-corrected chi connectivity index (χ4v) is 2.82. The molecule has 7 heteroatoms. The lowest BCUT2D eigenvalue weighted by Crippen LogP contribution is -2.54. The number of β-amino-alcohol motifs (C(OH)–C–C–N with tert-alkyl or cyclic N) is 1. The average Bonchev–Trinajstić information content (AvgIpc) is 2.78. The number of nitrogens with two attached hydrogens (primary N) is 1. The standard InChI is InChI=1S/C12H21N3O4/c1-11(17)2-5-15(8-11)10(16)12(9(13)14-18)3-6-19-7-4-12/h17-18H,2-8H2,1H3,(H2,13,14). The number of carbonyl (C=O) groups is 1. The van der Waals surface area contributed by atoms with E-state index in [9.17, 15) is 9.90 Å². The van der Waals surface area contributed by atoms with Crippen LogP contribution in [-0.2, 0) is 9.53 Å². The third-order valence-electron chi connectivity index (χ3n) is 4.09. The normalized spacial score (nSPS) is 31.5. The Hall–Kier alpha value is -1.34. The van der Waals surface area contributed by atoms with E-state index in [2.05, 4.69) is 5.16 Å². The summed E-state index contributed by atoms with van der Waals surface area (Å²) in [6.45, 7) is 3.30. The number of rotatable bonds is 2. The van der Waals surface area contributed by atoms with Gasteiger partial charge in [-0.3, -0.25) is 4.79 Å². The number of nitrogens with zero attached hydrogens (tertiary/aromatic N) is 2. The number of hydrogen-bond donors (Lipinski definition) is 3. The van der Waals surface area contributed by atoms with Crippen molar-refractivity contribution in [3.05, 3.63) is 0 Å². The van der Waals surface area contributed by atoms with E-state index >= 15 is 0 Å². The van der Waals surface area contributed by atoms with Crippen LogP contribution in [0.5, 0.6) is 0 Å². The first kappa shape index (κ1) is 14.1. The molecule has 7 nitrogen and oxygen atoms in total. The van der Waals surface area contributed by atoms with Crippen LogP contribution in [0.25, 0.3) is 0 Å². The molecule has 0 aliphatic carbocycles. The molecule has 0 bridgehead atoms. The molecule has 2 rings (SSSR count). The van der Waals surface area contributed by atoms with Crippen LogP contribution in [0.4, 0.5) is 0 Å². The number of amides is 1. The minimum absolute atomic E-state index is 0.0626. The van der Waals surface area contributed by atoms with Crippen LogP contribution in [-0.4, -0.2) is 58.9 Å². The van der Waals surface area contributed by atoms with Crippen molar-refractivity contribution in [1.82, 2.24) is 4.90 Å². The van der Waals surface area contributed by atoms with Crippen LogP contribution in [0, 0.1) is 5.41 Å². The van der Waals surface area contributed by atoms with Crippen LogP contribution >= 0.6 is 0 Å². The molecule has 0 aromatic rings. The summed E-state index contributed by atoms with van der Waals surface area (Å²) in [6, 6.07) is 0. The fraction of sp³-hybridized carbons (Fsp3) is 0.833. The van der Waals surface area contributed by atoms with Gasteiger partial charge in [-0.15, -0.1) is 0 Å². The number of likely N-dealkylation sites (tertiary alicyclic amines) is 1. The van der Waals surface area contributed by atoms with Crippen molar-refractivity contribution >= 4 is 11.7 Å². The summed E-state index contributed by atoms with van der Waals surface area (Å²) in [6.07, 6.45) is 1.35. The van der Waals surface area contributed by atoms with Crippen molar-refractivity contribution < 1.29 is 19.8 Å². The van der Waals surface area contributed by atoms with Gasteiger partial charge in [-0.25, -0.2) is 0 Å². The third kappa shape index (κ3) is 2.52. The second-order valence-corrected chi connectivity index (χ2v) is 5.65. The number of aliphatic hydroxyl groups is 1. The van der Waals surface area contributed by atoms with Gasteiger partial charge in [0.25, 0.3) is 0 Å². The Kier molecular flexibility index (Phi) is 3.69. The lowest BCUT2D eigenvalue weighted by molar-refractivity contribution is -0.142. The van der Waals surface area contributed by atoms with Gasteiger partial charge in [0.15, 0.2) is 5.84 Å². The zero-order chi connectivity index (χ0) is 14.1. The van der Waals surface area contributed by atoms with Crippen LogP contribution in [0.3, 0.4) is 0 Å². The number of carbonyl (C=O) groups excluding carboxylic acids is 1. The fourth-order valence-electron chi connectivity index (χ4n) is 2.82. The molecule has 19 heavy (non-hydrogen) atoms. The van der Waals surface area contributed by atoms with Gasteiger partial charge in [-0.2, -0.15) is 0 Å². The molecule has 0 spiro atoms. The van der Waals surface area contributed by atoms with E-state index in [1.54, 1.807) is 11.8 Å². The van der Waals surface area contributed by atoms with Crippen molar-refractivity contribution in [3.8, 4) is 0 Å². The molecule has 1 unspecified atom stereocenters. The molecule has 0 radical (unpaired) electrons. The lowest BCUT2D eigenvalue weighted by Gasteiger charge is -2.37. The second kappa shape index (κ2) is 4.97. The van der Waals surface area contributed by atoms with Gasteiger partial charge >= 0.3 is 0 Å². The Labute approximate surface area is 112 Å². The quantitative estimate of drug-likeness (QED) is 0.272. The molecule has 2 heterocycles. The van der Waals surface area contributed by atoms with E-state index in [-0.39, 0.29) is 18.3 Å². The number of oxime groups is 1. The van der Waals surface area contributed by atoms with Crippen molar-refractivity contribution in [2.45, 2.75) is 31.8 Å². The Balaban J connectivity index is 2.22. The first-order chi connectivity index (χ1) is 8.91. The Bertz CT molecular complexity index is 388. The predicted molar refractivity (Wildman–Crippen MR) is 67.7 cm³/mol. The molecule has 2 aliphatic heterocycles. The molecule has 0 saturated carbocycles. The molecule has 2 fully saturated rings. The summed E-state index contributed by atoms with van der Waals surface area (Å²) in [5.74, 6) is -0.240. The Morgan fingerprint density at radius 1 is 1.37 bits per heavy atom. The highest BCUT2D eigenvalue weighted by Gasteiger charge is 2.49. The summed E-state index contributed by atoms with van der Waals surface area (Å²) >= 11 is 0. The van der Waals surface area contributed by atoms with Crippen molar-refractivity contribution in [2.75, 3.05) is 26.3 Å². The highest BCUT2D eigenvalue weighted by atomic mass is 16.5. The predicted octanol–water partition coefficient (Wildman–Crippen LogP) is -0.487. The smallest absolute Gasteiger partial charge is 0.236 e. The highest BCUT2D eigenvalue weighted by molar-refractivity contribution is 6.07. The third-order valence-corrected chi connectivity index (χ3v) is 4.09. The van der Waals surface area contributed by atoms with Crippen molar-refractivity contribution in [2.24, 2.45) is 16.3 Å².